The molecule has 0 saturated heterocycles. The summed E-state index contributed by atoms with van der Waals surface area (Å²) in [6, 6.07) is 8.67. The van der Waals surface area contributed by atoms with Crippen molar-refractivity contribution in [3.63, 3.8) is 0 Å². The highest BCUT2D eigenvalue weighted by Gasteiger charge is 2.14. The molecule has 104 valence electrons. The van der Waals surface area contributed by atoms with Gasteiger partial charge in [-0.05, 0) is 23.8 Å². The van der Waals surface area contributed by atoms with E-state index in [-0.39, 0.29) is 16.0 Å². The molecule has 0 aliphatic heterocycles. The van der Waals surface area contributed by atoms with Gasteiger partial charge in [0.2, 0.25) is 5.76 Å². The minimum absolute atomic E-state index is 0.172. The third-order valence-corrected chi connectivity index (χ3v) is 3.00. The van der Waals surface area contributed by atoms with Crippen molar-refractivity contribution in [1.29, 1.82) is 0 Å². The first-order valence-corrected chi connectivity index (χ1v) is 6.24. The Bertz CT molecular complexity index is 664. The Morgan fingerprint density at radius 2 is 2.05 bits per heavy atom. The zero-order valence-electron chi connectivity index (χ0n) is 10.8. The molecule has 0 radical (unpaired) electrons. The fraction of sp³-hybridized carbons (Fsp3) is 0.143. The van der Waals surface area contributed by atoms with Gasteiger partial charge in [-0.2, -0.15) is 0 Å². The molecule has 0 bridgehead atoms. The van der Waals surface area contributed by atoms with E-state index in [4.69, 9.17) is 21.4 Å². The lowest BCUT2D eigenvalue weighted by Crippen LogP contribution is -2.22. The number of ether oxygens (including phenoxy) is 1. The van der Waals surface area contributed by atoms with Crippen LogP contribution in [-0.4, -0.2) is 18.1 Å². The number of aromatic hydroxyl groups is 1. The topological polar surface area (TPSA) is 71.7 Å². The predicted molar refractivity (Wildman–Crippen MR) is 75.4 cm³/mol. The molecule has 0 aliphatic carbocycles. The average Bonchev–Trinajstić information content (AvgIpc) is 2.48. The van der Waals surface area contributed by atoms with E-state index in [1.807, 2.05) is 12.1 Å². The number of rotatable bonds is 4. The van der Waals surface area contributed by atoms with Gasteiger partial charge in [0.1, 0.15) is 5.75 Å². The molecule has 0 spiro atoms. The fourth-order valence-electron chi connectivity index (χ4n) is 1.58. The summed E-state index contributed by atoms with van der Waals surface area (Å²) >= 11 is 4.86. The second-order valence-electron chi connectivity index (χ2n) is 3.99. The standard InChI is InChI=1S/C14H13NO4S/c1-18-10-4-2-9(3-5-10)8-15-14(17)13-12(16)11(20)6-7-19-13/h2-7,16H,8H2,1H3,(H,15,17). The number of nitrogens with one attached hydrogen (secondary N) is 1. The summed E-state index contributed by atoms with van der Waals surface area (Å²) in [6.45, 7) is 0.305. The number of amides is 1. The number of carbonyl (C=O) groups excluding carboxylic acids is 1. The smallest absolute Gasteiger partial charge is 0.291 e. The van der Waals surface area contributed by atoms with Crippen LogP contribution < -0.4 is 10.1 Å². The highest BCUT2D eigenvalue weighted by molar-refractivity contribution is 7.71. The third-order valence-electron chi connectivity index (χ3n) is 2.67. The van der Waals surface area contributed by atoms with Crippen LogP contribution in [0.3, 0.4) is 0 Å². The van der Waals surface area contributed by atoms with Crippen LogP contribution in [0.4, 0.5) is 0 Å². The summed E-state index contributed by atoms with van der Waals surface area (Å²) in [5, 5.41) is 12.3. The Labute approximate surface area is 120 Å². The van der Waals surface area contributed by atoms with Crippen molar-refractivity contribution in [1.82, 2.24) is 5.32 Å². The van der Waals surface area contributed by atoms with Crippen molar-refractivity contribution in [2.45, 2.75) is 6.54 Å². The summed E-state index contributed by atoms with van der Waals surface area (Å²) in [6.07, 6.45) is 1.27. The summed E-state index contributed by atoms with van der Waals surface area (Å²) in [4.78, 5) is 11.9. The molecule has 0 atom stereocenters. The Kier molecular flexibility index (Phi) is 4.37. The van der Waals surface area contributed by atoms with Crippen LogP contribution in [0.1, 0.15) is 16.1 Å². The van der Waals surface area contributed by atoms with E-state index in [1.165, 1.54) is 12.3 Å². The van der Waals surface area contributed by atoms with Gasteiger partial charge in [-0.25, -0.2) is 0 Å². The molecule has 2 N–H and O–H groups in total. The van der Waals surface area contributed by atoms with Crippen molar-refractivity contribution < 1.29 is 19.1 Å². The lowest BCUT2D eigenvalue weighted by Gasteiger charge is -2.06. The maximum Gasteiger partial charge on any atom is 0.291 e. The second kappa shape index (κ2) is 6.21. The van der Waals surface area contributed by atoms with Gasteiger partial charge in [-0.15, -0.1) is 0 Å². The van der Waals surface area contributed by atoms with Crippen molar-refractivity contribution in [2.24, 2.45) is 0 Å². The summed E-state index contributed by atoms with van der Waals surface area (Å²) in [5.74, 6) is -0.294. The van der Waals surface area contributed by atoms with Gasteiger partial charge >= 0.3 is 0 Å². The van der Waals surface area contributed by atoms with Crippen LogP contribution in [0, 0.1) is 4.51 Å². The molecule has 2 aromatic rings. The van der Waals surface area contributed by atoms with Gasteiger partial charge in [0.15, 0.2) is 5.75 Å². The molecule has 0 aliphatic rings. The molecular formula is C14H13NO4S. The van der Waals surface area contributed by atoms with Crippen LogP contribution in [0.2, 0.25) is 0 Å². The molecule has 5 nitrogen and oxygen atoms in total. The van der Waals surface area contributed by atoms with E-state index in [9.17, 15) is 9.90 Å². The quantitative estimate of drug-likeness (QED) is 0.847. The van der Waals surface area contributed by atoms with E-state index < -0.39 is 5.91 Å². The zero-order valence-corrected chi connectivity index (χ0v) is 11.6. The molecular weight excluding hydrogens is 278 g/mol. The predicted octanol–water partition coefficient (Wildman–Crippen LogP) is 2.65. The van der Waals surface area contributed by atoms with E-state index in [0.29, 0.717) is 6.54 Å². The average molecular weight is 291 g/mol. The van der Waals surface area contributed by atoms with Crippen molar-refractivity contribution >= 4 is 18.1 Å². The molecule has 0 unspecified atom stereocenters. The zero-order chi connectivity index (χ0) is 14.5. The van der Waals surface area contributed by atoms with Gasteiger partial charge < -0.3 is 19.6 Å². The van der Waals surface area contributed by atoms with Crippen LogP contribution in [0.25, 0.3) is 0 Å². The van der Waals surface area contributed by atoms with Crippen LogP contribution in [0.5, 0.6) is 11.5 Å². The summed E-state index contributed by atoms with van der Waals surface area (Å²) in [5.41, 5.74) is 0.896. The van der Waals surface area contributed by atoms with Crippen molar-refractivity contribution in [3.05, 3.63) is 52.4 Å². The Morgan fingerprint density at radius 1 is 1.35 bits per heavy atom. The lowest BCUT2D eigenvalue weighted by atomic mass is 10.2. The molecule has 6 heteroatoms. The normalized spacial score (nSPS) is 10.1. The molecule has 1 heterocycles. The van der Waals surface area contributed by atoms with E-state index in [2.05, 4.69) is 5.32 Å². The Morgan fingerprint density at radius 3 is 2.70 bits per heavy atom. The van der Waals surface area contributed by atoms with E-state index in [1.54, 1.807) is 19.2 Å². The van der Waals surface area contributed by atoms with Crippen molar-refractivity contribution in [2.75, 3.05) is 7.11 Å². The van der Waals surface area contributed by atoms with E-state index in [0.717, 1.165) is 11.3 Å². The van der Waals surface area contributed by atoms with Crippen molar-refractivity contribution in [3.8, 4) is 11.5 Å². The molecule has 0 fully saturated rings. The highest BCUT2D eigenvalue weighted by atomic mass is 32.1. The Balaban J connectivity index is 2.04. The second-order valence-corrected chi connectivity index (χ2v) is 4.43. The number of hydrogen-bond donors (Lipinski definition) is 2. The fourth-order valence-corrected chi connectivity index (χ4v) is 1.73. The largest absolute Gasteiger partial charge is 0.503 e. The minimum Gasteiger partial charge on any atom is -0.503 e. The van der Waals surface area contributed by atoms with Gasteiger partial charge in [0.25, 0.3) is 5.91 Å². The van der Waals surface area contributed by atoms with Gasteiger partial charge in [0, 0.05) is 6.54 Å². The van der Waals surface area contributed by atoms with Crippen LogP contribution in [-0.2, 0) is 6.54 Å². The maximum absolute atomic E-state index is 11.9. The first kappa shape index (κ1) is 14.1. The number of carbonyl (C=O) groups is 1. The van der Waals surface area contributed by atoms with Crippen LogP contribution >= 0.6 is 12.2 Å². The maximum atomic E-state index is 11.9. The molecule has 1 amide bonds. The SMILES string of the molecule is COc1ccc(CNC(=O)c2occc(=S)c2O)cc1. The van der Waals surface area contributed by atoms with Gasteiger partial charge in [-0.3, -0.25) is 4.79 Å². The lowest BCUT2D eigenvalue weighted by molar-refractivity contribution is 0.0916. The molecule has 20 heavy (non-hydrogen) atoms. The highest BCUT2D eigenvalue weighted by Crippen LogP contribution is 2.18. The summed E-state index contributed by atoms with van der Waals surface area (Å²) in [7, 11) is 1.59. The monoisotopic (exact) mass is 291 g/mol. The number of benzene rings is 1. The molecule has 1 aromatic carbocycles. The number of hydrogen-bond acceptors (Lipinski definition) is 5. The Hall–Kier alpha value is -2.34. The van der Waals surface area contributed by atoms with E-state index >= 15 is 0 Å². The molecule has 2 rings (SSSR count). The third kappa shape index (κ3) is 3.16. The molecule has 0 saturated carbocycles. The van der Waals surface area contributed by atoms with Gasteiger partial charge in [0.05, 0.1) is 17.9 Å². The number of methoxy groups -OCH3 is 1. The minimum atomic E-state index is -0.523. The van der Waals surface area contributed by atoms with Crippen LogP contribution in [0.15, 0.2) is 41.0 Å². The molecule has 1 aromatic heterocycles. The first-order chi connectivity index (χ1) is 9.61. The first-order valence-electron chi connectivity index (χ1n) is 5.83. The van der Waals surface area contributed by atoms with Gasteiger partial charge in [-0.1, -0.05) is 24.4 Å². The summed E-state index contributed by atoms with van der Waals surface area (Å²) < 4.78 is 10.2.